The molecule has 20 nitrogen and oxygen atoms in total. The van der Waals surface area contributed by atoms with E-state index in [4.69, 9.17) is 26.5 Å². The van der Waals surface area contributed by atoms with E-state index in [1.807, 2.05) is 0 Å². The number of benzene rings is 1. The first-order valence-electron chi connectivity index (χ1n) is 13.8. The van der Waals surface area contributed by atoms with Crippen molar-refractivity contribution < 1.29 is 42.0 Å². The molecule has 2 fully saturated rings. The lowest BCUT2D eigenvalue weighted by Crippen LogP contribution is -2.73. The van der Waals surface area contributed by atoms with Crippen molar-refractivity contribution in [3.05, 3.63) is 53.6 Å². The largest absolute Gasteiger partial charge is 0.489 e. The van der Waals surface area contributed by atoms with Crippen molar-refractivity contribution in [2.75, 3.05) is 12.3 Å². The Bertz CT molecular complexity index is 1780. The number of amides is 2. The molecule has 0 radical (unpaired) electrons. The van der Waals surface area contributed by atoms with Crippen molar-refractivity contribution in [1.82, 2.24) is 34.7 Å². The lowest BCUT2D eigenvalue weighted by atomic mass is 9.87. The zero-order chi connectivity index (χ0) is 33.9. The number of carboxylic acid groups (broad SMARTS) is 1. The number of hydrogen-bond acceptors (Lipinski definition) is 15. The summed E-state index contributed by atoms with van der Waals surface area (Å²) < 4.78 is 40.1. The number of aromatic nitrogens is 4. The van der Waals surface area contributed by atoms with E-state index in [2.05, 4.69) is 30.9 Å². The van der Waals surface area contributed by atoms with Crippen LogP contribution < -0.4 is 26.8 Å². The molecule has 2 amide bonds. The number of carbonyl (C=O) groups is 3. The number of β-lactam (4-membered cyclic amide) rings is 1. The predicted molar refractivity (Wildman–Crippen MR) is 163 cm³/mol. The van der Waals surface area contributed by atoms with Crippen LogP contribution in [0.5, 0.6) is 5.75 Å². The Hall–Kier alpha value is -5.19. The van der Waals surface area contributed by atoms with Gasteiger partial charge in [0.25, 0.3) is 17.9 Å². The van der Waals surface area contributed by atoms with Gasteiger partial charge in [-0.05, 0) is 37.1 Å². The van der Waals surface area contributed by atoms with Crippen LogP contribution in [0.25, 0.3) is 0 Å². The number of nitrogens with one attached hydrogen (secondary N) is 3. The van der Waals surface area contributed by atoms with E-state index in [9.17, 15) is 32.5 Å². The number of thiazole rings is 1. The molecular weight excluding hydrogens is 662 g/mol. The topological polar surface area (TPSA) is 303 Å². The zero-order valence-corrected chi connectivity index (χ0v) is 25.8. The van der Waals surface area contributed by atoms with Crippen LogP contribution in [-0.4, -0.2) is 108 Å². The number of hydrogen-bond donors (Lipinski definition) is 7. The van der Waals surface area contributed by atoms with Crippen LogP contribution in [0, 0.1) is 5.41 Å². The molecule has 22 heteroatoms. The van der Waals surface area contributed by atoms with Gasteiger partial charge in [-0.1, -0.05) is 5.16 Å². The molecule has 2 aromatic heterocycles. The minimum Gasteiger partial charge on any atom is -0.489 e. The number of carboxylic acids is 1. The van der Waals surface area contributed by atoms with Gasteiger partial charge in [0, 0.05) is 23.0 Å². The Morgan fingerprint density at radius 1 is 1.23 bits per heavy atom. The number of oxime groups is 1. The second-order valence-electron chi connectivity index (χ2n) is 10.5. The predicted octanol–water partition coefficient (Wildman–Crippen LogP) is -1.83. The molecule has 3 atom stereocenters. The highest BCUT2D eigenvalue weighted by Crippen LogP contribution is 2.25. The summed E-state index contributed by atoms with van der Waals surface area (Å²) in [6.45, 7) is -0.818. The Balaban J connectivity index is 1.26. The number of nitrogen functional groups attached to an aromatic ring is 1. The Morgan fingerprint density at radius 3 is 2.53 bits per heavy atom. The molecule has 0 spiro atoms. The normalized spacial score (nSPS) is 21.6. The quantitative estimate of drug-likeness (QED) is 0.0322. The maximum Gasteiger partial charge on any atom is 0.362 e. The molecule has 250 valence electrons. The standard InChI is InChI=1S/C25H29N11O9S2/c26-13-5-14(6-13)31-21(27)12-1-3-15(4-2-12)44-8-18(24(39)40)45-34-19(16-9-46-25(28)32-16)22(37)33-20-17(7-35-11-29-10-30-35)36(23(20)38)47(41,42)43/h1-4,9-11,13-14,17-18,20H,5-8,26H2,(H2,27,31)(H2,28,32)(H,33,37)(H,39,40)(H,41,42,43)/b34-19-/t13-,14-,17-,18+,20+/m1/s1. The highest BCUT2D eigenvalue weighted by molar-refractivity contribution is 7.84. The lowest BCUT2D eigenvalue weighted by molar-refractivity contribution is -0.152. The van der Waals surface area contributed by atoms with Crippen LogP contribution in [0.3, 0.4) is 0 Å². The Kier molecular flexibility index (Phi) is 9.64. The molecule has 1 saturated heterocycles. The van der Waals surface area contributed by atoms with Crippen LogP contribution >= 0.6 is 11.3 Å². The molecule has 5 rings (SSSR count). The van der Waals surface area contributed by atoms with E-state index in [0.717, 1.165) is 30.5 Å². The summed E-state index contributed by atoms with van der Waals surface area (Å²) in [5.74, 6) is -3.25. The molecule has 1 aromatic carbocycles. The van der Waals surface area contributed by atoms with Gasteiger partial charge < -0.3 is 36.8 Å². The molecule has 1 aliphatic heterocycles. The maximum absolute atomic E-state index is 13.3. The number of anilines is 1. The number of rotatable bonds is 14. The van der Waals surface area contributed by atoms with Gasteiger partial charge >= 0.3 is 16.3 Å². The average molecular weight is 692 g/mol. The van der Waals surface area contributed by atoms with E-state index < -0.39 is 58.6 Å². The monoisotopic (exact) mass is 691 g/mol. The van der Waals surface area contributed by atoms with Gasteiger partial charge in [0.2, 0.25) is 0 Å². The van der Waals surface area contributed by atoms with Gasteiger partial charge in [-0.25, -0.2) is 19.1 Å². The Morgan fingerprint density at radius 2 is 1.96 bits per heavy atom. The average Bonchev–Trinajstić information content (AvgIpc) is 3.67. The second-order valence-corrected chi connectivity index (χ2v) is 12.7. The zero-order valence-electron chi connectivity index (χ0n) is 24.2. The third kappa shape index (κ3) is 7.79. The summed E-state index contributed by atoms with van der Waals surface area (Å²) in [6, 6.07) is 3.81. The number of nitrogens with two attached hydrogens (primary N) is 2. The number of nitrogens with zero attached hydrogens (tertiary/aromatic N) is 6. The van der Waals surface area contributed by atoms with Crippen molar-refractivity contribution in [2.45, 2.75) is 49.7 Å². The molecule has 0 unspecified atom stereocenters. The lowest BCUT2D eigenvalue weighted by Gasteiger charge is -2.43. The first-order valence-corrected chi connectivity index (χ1v) is 16.0. The maximum atomic E-state index is 13.3. The molecular formula is C25H29N11O9S2. The van der Waals surface area contributed by atoms with Crippen molar-refractivity contribution in [3.8, 4) is 5.75 Å². The van der Waals surface area contributed by atoms with Crippen molar-refractivity contribution >= 4 is 56.1 Å². The fourth-order valence-electron chi connectivity index (χ4n) is 4.69. The Labute approximate surface area is 270 Å². The summed E-state index contributed by atoms with van der Waals surface area (Å²) in [4.78, 5) is 50.8. The fraction of sp³-hybridized carbons (Fsp3) is 0.360. The molecule has 0 bridgehead atoms. The highest BCUT2D eigenvalue weighted by Gasteiger charge is 2.54. The molecule has 3 aromatic rings. The van der Waals surface area contributed by atoms with Crippen LogP contribution in [-0.2, 0) is 36.1 Å². The molecule has 47 heavy (non-hydrogen) atoms. The van der Waals surface area contributed by atoms with E-state index in [1.54, 1.807) is 24.3 Å². The summed E-state index contributed by atoms with van der Waals surface area (Å²) in [5, 5.41) is 32.2. The van der Waals surface area contributed by atoms with E-state index >= 15 is 0 Å². The van der Waals surface area contributed by atoms with Crippen molar-refractivity contribution in [2.24, 2.45) is 10.9 Å². The second kappa shape index (κ2) is 13.7. The fourth-order valence-corrected chi connectivity index (χ4v) is 6.11. The van der Waals surface area contributed by atoms with E-state index in [1.165, 1.54) is 16.4 Å². The SMILES string of the molecule is N=C(N[C@H]1C[C@H](N)C1)c1ccc(OC[C@H](O/N=C(\C(=O)N[C@@H]2C(=O)N(S(=O)(=O)O)[C@@H]2Cn2cncn2)c2csc(N)n2)C(=O)O)cc1. The molecule has 9 N–H and O–H groups in total. The first kappa shape index (κ1) is 33.2. The number of ether oxygens (including phenoxy) is 1. The minimum atomic E-state index is -4.99. The molecule has 2 aliphatic rings. The molecule has 1 aliphatic carbocycles. The third-order valence-electron chi connectivity index (χ3n) is 7.14. The first-order chi connectivity index (χ1) is 22.3. The van der Waals surface area contributed by atoms with Crippen molar-refractivity contribution in [1.29, 1.82) is 5.41 Å². The number of amidine groups is 1. The van der Waals surface area contributed by atoms with Gasteiger partial charge in [-0.3, -0.25) is 24.2 Å². The third-order valence-corrected chi connectivity index (χ3v) is 8.76. The summed E-state index contributed by atoms with van der Waals surface area (Å²) in [7, 11) is -4.99. The van der Waals surface area contributed by atoms with E-state index in [0.29, 0.717) is 5.56 Å². The van der Waals surface area contributed by atoms with Crippen LogP contribution in [0.2, 0.25) is 0 Å². The van der Waals surface area contributed by atoms with Gasteiger partial charge in [0.1, 0.15) is 42.6 Å². The van der Waals surface area contributed by atoms with Crippen LogP contribution in [0.4, 0.5) is 5.13 Å². The molecule has 3 heterocycles. The van der Waals surface area contributed by atoms with Gasteiger partial charge in [-0.2, -0.15) is 13.5 Å². The van der Waals surface area contributed by atoms with Crippen LogP contribution in [0.1, 0.15) is 24.1 Å². The highest BCUT2D eigenvalue weighted by atomic mass is 32.2. The van der Waals surface area contributed by atoms with Crippen LogP contribution in [0.15, 0.2) is 47.5 Å². The smallest absolute Gasteiger partial charge is 0.362 e. The van der Waals surface area contributed by atoms with Gasteiger partial charge in [-0.15, -0.1) is 11.3 Å². The van der Waals surface area contributed by atoms with Gasteiger partial charge in [0.05, 0.1) is 12.6 Å². The minimum absolute atomic E-state index is 0.0305. The summed E-state index contributed by atoms with van der Waals surface area (Å²) in [5.41, 5.74) is 11.4. The summed E-state index contributed by atoms with van der Waals surface area (Å²) >= 11 is 0.933. The molecule has 1 saturated carbocycles. The van der Waals surface area contributed by atoms with E-state index in [-0.39, 0.29) is 45.3 Å². The van der Waals surface area contributed by atoms with Crippen molar-refractivity contribution in [3.63, 3.8) is 0 Å². The number of aliphatic carboxylic acids is 1. The van der Waals surface area contributed by atoms with Gasteiger partial charge in [0.15, 0.2) is 10.8 Å². The number of carbonyl (C=O) groups excluding carboxylic acids is 2. The summed E-state index contributed by atoms with van der Waals surface area (Å²) in [6.07, 6.45) is 2.22.